The number of likely N-dealkylation sites (N-methyl/N-ethyl adjacent to an activating group) is 1. The van der Waals surface area contributed by atoms with Crippen LogP contribution < -0.4 is 20.3 Å². The Morgan fingerprint density at radius 3 is 2.39 bits per heavy atom. The van der Waals surface area contributed by atoms with Crippen molar-refractivity contribution in [3.63, 3.8) is 0 Å². The first-order chi connectivity index (χ1) is 18.1. The molecule has 38 heavy (non-hydrogen) atoms. The molecule has 0 amide bonds. The van der Waals surface area contributed by atoms with Crippen LogP contribution in [0, 0.1) is 11.6 Å². The van der Waals surface area contributed by atoms with E-state index in [0.717, 1.165) is 17.1 Å². The molecule has 4 aromatic rings. The number of benzene rings is 2. The number of H-pyrrole nitrogens is 1. The van der Waals surface area contributed by atoms with Crippen molar-refractivity contribution in [2.45, 2.75) is 6.92 Å². The molecule has 0 radical (unpaired) electrons. The molecule has 4 N–H and O–H groups in total. The van der Waals surface area contributed by atoms with Gasteiger partial charge >= 0.3 is 0 Å². The Balaban J connectivity index is 1.62. The van der Waals surface area contributed by atoms with Crippen molar-refractivity contribution >= 4 is 55.6 Å². The van der Waals surface area contributed by atoms with Crippen LogP contribution in [0.1, 0.15) is 6.92 Å². The number of anilines is 6. The Kier molecular flexibility index (Phi) is 7.97. The second kappa shape index (κ2) is 11.2. The summed E-state index contributed by atoms with van der Waals surface area (Å²) in [6, 6.07) is 11.5. The Morgan fingerprint density at radius 2 is 1.66 bits per heavy atom. The number of hydrogen-bond acceptors (Lipinski definition) is 8. The molecular formula is C25H30F2N8O2S. The molecule has 0 spiro atoms. The number of aromatic nitrogens is 3. The number of hydrogen-bond donors (Lipinski definition) is 4. The third-order valence-electron chi connectivity index (χ3n) is 6.09. The van der Waals surface area contributed by atoms with Crippen LogP contribution in [0.5, 0.6) is 0 Å². The van der Waals surface area contributed by atoms with Crippen molar-refractivity contribution in [1.82, 2.24) is 19.9 Å². The molecule has 2 heterocycles. The monoisotopic (exact) mass is 544 g/mol. The molecule has 0 aliphatic carbocycles. The quantitative estimate of drug-likeness (QED) is 0.218. The normalized spacial score (nSPS) is 11.7. The lowest BCUT2D eigenvalue weighted by Gasteiger charge is -2.21. The lowest BCUT2D eigenvalue weighted by molar-refractivity contribution is 0.366. The number of nitrogens with one attached hydrogen (secondary N) is 4. The zero-order valence-corrected chi connectivity index (χ0v) is 22.3. The van der Waals surface area contributed by atoms with Gasteiger partial charge in [-0.05, 0) is 43.9 Å². The maximum atomic E-state index is 14.9. The molecule has 0 atom stereocenters. The molecule has 4 rings (SSSR count). The van der Waals surface area contributed by atoms with Crippen molar-refractivity contribution in [3.05, 3.63) is 60.3 Å². The third kappa shape index (κ3) is 5.94. The number of para-hydroxylation sites is 2. The molecule has 0 saturated carbocycles. The maximum Gasteiger partial charge on any atom is 0.232 e. The number of nitrogens with zero attached hydrogens (tertiary/aromatic N) is 4. The summed E-state index contributed by atoms with van der Waals surface area (Å²) in [6.45, 7) is 4.01. The van der Waals surface area contributed by atoms with E-state index in [2.05, 4.69) is 35.8 Å². The minimum atomic E-state index is -3.52. The van der Waals surface area contributed by atoms with Gasteiger partial charge in [0.2, 0.25) is 16.0 Å². The van der Waals surface area contributed by atoms with Gasteiger partial charge in [-0.3, -0.25) is 4.31 Å². The average Bonchev–Trinajstić information content (AvgIpc) is 3.36. The van der Waals surface area contributed by atoms with Crippen molar-refractivity contribution in [1.29, 1.82) is 0 Å². The predicted octanol–water partition coefficient (Wildman–Crippen LogP) is 4.48. The van der Waals surface area contributed by atoms with Crippen molar-refractivity contribution in [3.8, 4) is 0 Å². The molecule has 2 aromatic heterocycles. The summed E-state index contributed by atoms with van der Waals surface area (Å²) >= 11 is 0. The van der Waals surface area contributed by atoms with Crippen LogP contribution in [0.2, 0.25) is 0 Å². The molecule has 0 aliphatic rings. The van der Waals surface area contributed by atoms with Crippen LogP contribution in [0.25, 0.3) is 11.0 Å². The lowest BCUT2D eigenvalue weighted by atomic mass is 10.2. The summed E-state index contributed by atoms with van der Waals surface area (Å²) < 4.78 is 55.1. The first kappa shape index (κ1) is 27.1. The molecular weight excluding hydrogens is 514 g/mol. The highest BCUT2D eigenvalue weighted by atomic mass is 32.2. The highest BCUT2D eigenvalue weighted by Gasteiger charge is 2.19. The number of fused-ring (bicyclic) bond motifs is 1. The van der Waals surface area contributed by atoms with Gasteiger partial charge < -0.3 is 25.8 Å². The highest BCUT2D eigenvalue weighted by molar-refractivity contribution is 7.92. The predicted molar refractivity (Wildman–Crippen MR) is 148 cm³/mol. The molecule has 0 saturated heterocycles. The molecule has 0 fully saturated rings. The highest BCUT2D eigenvalue weighted by Crippen LogP contribution is 2.32. The first-order valence-electron chi connectivity index (χ1n) is 11.9. The number of aromatic amines is 1. The smallest absolute Gasteiger partial charge is 0.232 e. The fourth-order valence-corrected chi connectivity index (χ4v) is 4.21. The van der Waals surface area contributed by atoms with E-state index in [1.807, 2.05) is 14.0 Å². The lowest BCUT2D eigenvalue weighted by Crippen LogP contribution is -2.25. The van der Waals surface area contributed by atoms with Crippen molar-refractivity contribution < 1.29 is 17.2 Å². The van der Waals surface area contributed by atoms with Crippen molar-refractivity contribution in [2.24, 2.45) is 0 Å². The fraction of sp³-hybridized carbons (Fsp3) is 0.280. The molecule has 0 unspecified atom stereocenters. The standard InChI is InChI=1S/C25H30F2N8O2S/c1-5-34(2)15-14-28-18-10-11-19(22(27)21(18)26)31-25-32-23-16(12-13-29-23)24(33-25)30-17-8-6-7-9-20(17)35(3)38(4,36)37/h6-13,28H,5,14-15H2,1-4H3,(H3,29,30,31,32,33). The Labute approximate surface area is 220 Å². The van der Waals surface area contributed by atoms with E-state index in [0.29, 0.717) is 41.3 Å². The van der Waals surface area contributed by atoms with E-state index >= 15 is 0 Å². The van der Waals surface area contributed by atoms with E-state index in [-0.39, 0.29) is 17.3 Å². The first-order valence-corrected chi connectivity index (χ1v) is 13.8. The van der Waals surface area contributed by atoms with Gasteiger partial charge in [0.25, 0.3) is 0 Å². The second-order valence-corrected chi connectivity index (χ2v) is 10.8. The molecule has 0 aliphatic heterocycles. The molecule has 13 heteroatoms. The van der Waals surface area contributed by atoms with Crippen LogP contribution in [-0.4, -0.2) is 68.3 Å². The van der Waals surface area contributed by atoms with E-state index < -0.39 is 21.7 Å². The SMILES string of the molecule is CCN(C)CCNc1ccc(Nc2nc(Nc3ccccc3N(C)S(C)(=O)=O)c3cc[nH]c3n2)c(F)c1F. The van der Waals surface area contributed by atoms with E-state index in [4.69, 9.17) is 0 Å². The van der Waals surface area contributed by atoms with Gasteiger partial charge in [-0.1, -0.05) is 19.1 Å². The van der Waals surface area contributed by atoms with Gasteiger partial charge in [0.1, 0.15) is 11.5 Å². The summed E-state index contributed by atoms with van der Waals surface area (Å²) in [4.78, 5) is 13.9. The zero-order chi connectivity index (χ0) is 27.4. The van der Waals surface area contributed by atoms with Gasteiger partial charge in [0.05, 0.1) is 34.4 Å². The minimum absolute atomic E-state index is 0.0139. The zero-order valence-electron chi connectivity index (χ0n) is 21.5. The van der Waals surface area contributed by atoms with Gasteiger partial charge in [-0.25, -0.2) is 17.2 Å². The number of sulfonamides is 1. The van der Waals surface area contributed by atoms with Crippen LogP contribution in [0.15, 0.2) is 48.7 Å². The van der Waals surface area contributed by atoms with Crippen LogP contribution >= 0.6 is 0 Å². The van der Waals surface area contributed by atoms with Gasteiger partial charge in [-0.15, -0.1) is 0 Å². The Hall–Kier alpha value is -3.97. The summed E-state index contributed by atoms with van der Waals surface area (Å²) in [6.07, 6.45) is 2.78. The maximum absolute atomic E-state index is 14.9. The van der Waals surface area contributed by atoms with Crippen LogP contribution in [0.3, 0.4) is 0 Å². The average molecular weight is 545 g/mol. The molecule has 10 nitrogen and oxygen atoms in total. The van der Waals surface area contributed by atoms with Crippen LogP contribution in [0.4, 0.5) is 43.3 Å². The number of halogens is 2. The molecule has 0 bridgehead atoms. The van der Waals surface area contributed by atoms with E-state index in [9.17, 15) is 17.2 Å². The topological polar surface area (TPSA) is 118 Å². The van der Waals surface area contributed by atoms with Gasteiger partial charge in [-0.2, -0.15) is 9.97 Å². The number of rotatable bonds is 11. The summed E-state index contributed by atoms with van der Waals surface area (Å²) in [5.41, 5.74) is 1.26. The summed E-state index contributed by atoms with van der Waals surface area (Å²) in [7, 11) is -0.124. The second-order valence-electron chi connectivity index (χ2n) is 8.74. The van der Waals surface area contributed by atoms with Gasteiger partial charge in [0.15, 0.2) is 11.6 Å². The minimum Gasteiger partial charge on any atom is -0.381 e. The van der Waals surface area contributed by atoms with E-state index in [1.54, 1.807) is 36.5 Å². The van der Waals surface area contributed by atoms with Crippen LogP contribution in [-0.2, 0) is 10.0 Å². The van der Waals surface area contributed by atoms with Gasteiger partial charge in [0, 0.05) is 26.3 Å². The van der Waals surface area contributed by atoms with E-state index in [1.165, 1.54) is 19.2 Å². The fourth-order valence-electron chi connectivity index (χ4n) is 3.70. The van der Waals surface area contributed by atoms with Crippen molar-refractivity contribution in [2.75, 3.05) is 60.2 Å². The summed E-state index contributed by atoms with van der Waals surface area (Å²) in [5.74, 6) is -1.72. The Bertz CT molecular complexity index is 1540. The molecule has 202 valence electrons. The Morgan fingerprint density at radius 1 is 0.947 bits per heavy atom. The largest absolute Gasteiger partial charge is 0.381 e. The molecule has 2 aromatic carbocycles. The summed E-state index contributed by atoms with van der Waals surface area (Å²) in [5, 5.41) is 9.44. The third-order valence-corrected chi connectivity index (χ3v) is 7.28.